The molecule has 1 N–H and O–H groups in total. The lowest BCUT2D eigenvalue weighted by Crippen LogP contribution is -1.96. The molecular formula is C14H13NO3. The van der Waals surface area contributed by atoms with Crippen molar-refractivity contribution in [3.63, 3.8) is 0 Å². The molecule has 0 unspecified atom stereocenters. The minimum atomic E-state index is 0.561. The van der Waals surface area contributed by atoms with Gasteiger partial charge in [0, 0.05) is 11.8 Å². The van der Waals surface area contributed by atoms with E-state index >= 15 is 0 Å². The second-order valence-corrected chi connectivity index (χ2v) is 3.54. The molecule has 4 nitrogen and oxygen atoms in total. The van der Waals surface area contributed by atoms with Crippen molar-refractivity contribution >= 4 is 12.1 Å². The Balaban J connectivity index is 2.25. The summed E-state index contributed by atoms with van der Waals surface area (Å²) in [6.07, 6.45) is 0.618. The number of benzene rings is 2. The second kappa shape index (κ2) is 5.72. The molecule has 2 aromatic rings. The Morgan fingerprint density at radius 3 is 2.50 bits per heavy atom. The third-order valence-corrected chi connectivity index (χ3v) is 2.36. The molecule has 0 aliphatic rings. The Labute approximate surface area is 105 Å². The van der Waals surface area contributed by atoms with Crippen molar-refractivity contribution in [1.82, 2.24) is 0 Å². The first-order valence-corrected chi connectivity index (χ1v) is 5.44. The van der Waals surface area contributed by atoms with Crippen LogP contribution in [0, 0.1) is 0 Å². The number of amides is 1. The molecule has 0 radical (unpaired) electrons. The molecule has 0 aliphatic heterocycles. The number of carbonyl (C=O) groups is 1. The Kier molecular flexibility index (Phi) is 3.81. The van der Waals surface area contributed by atoms with E-state index in [2.05, 4.69) is 5.32 Å². The number of hydrogen-bond acceptors (Lipinski definition) is 3. The molecule has 0 atom stereocenters. The van der Waals surface area contributed by atoms with Gasteiger partial charge in [0.25, 0.3) is 0 Å². The van der Waals surface area contributed by atoms with E-state index in [1.165, 1.54) is 0 Å². The van der Waals surface area contributed by atoms with Crippen molar-refractivity contribution in [2.24, 2.45) is 0 Å². The highest BCUT2D eigenvalue weighted by Gasteiger charge is 2.06. The number of hydrogen-bond donors (Lipinski definition) is 1. The molecule has 0 aromatic heterocycles. The molecule has 2 aromatic carbocycles. The maximum absolute atomic E-state index is 10.4. The first-order chi connectivity index (χ1) is 8.83. The van der Waals surface area contributed by atoms with E-state index in [-0.39, 0.29) is 0 Å². The van der Waals surface area contributed by atoms with Crippen molar-refractivity contribution in [3.8, 4) is 17.2 Å². The molecule has 18 heavy (non-hydrogen) atoms. The van der Waals surface area contributed by atoms with Crippen LogP contribution in [0.4, 0.5) is 5.69 Å². The van der Waals surface area contributed by atoms with Gasteiger partial charge in [0.05, 0.1) is 7.11 Å². The van der Waals surface area contributed by atoms with Gasteiger partial charge in [-0.05, 0) is 24.3 Å². The van der Waals surface area contributed by atoms with Gasteiger partial charge in [0.2, 0.25) is 6.41 Å². The van der Waals surface area contributed by atoms with Gasteiger partial charge in [-0.15, -0.1) is 0 Å². The topological polar surface area (TPSA) is 47.6 Å². The quantitative estimate of drug-likeness (QED) is 0.821. The van der Waals surface area contributed by atoms with Crippen molar-refractivity contribution in [2.75, 3.05) is 12.4 Å². The van der Waals surface area contributed by atoms with E-state index in [1.54, 1.807) is 25.3 Å². The number of methoxy groups -OCH3 is 1. The van der Waals surface area contributed by atoms with E-state index in [0.29, 0.717) is 23.6 Å². The molecule has 2 rings (SSSR count). The third-order valence-electron chi connectivity index (χ3n) is 2.36. The largest absolute Gasteiger partial charge is 0.493 e. The minimum Gasteiger partial charge on any atom is -0.493 e. The molecule has 0 heterocycles. The number of anilines is 1. The van der Waals surface area contributed by atoms with Crippen LogP contribution in [-0.4, -0.2) is 13.5 Å². The van der Waals surface area contributed by atoms with Crippen LogP contribution in [0.1, 0.15) is 0 Å². The Morgan fingerprint density at radius 2 is 1.83 bits per heavy atom. The molecule has 0 spiro atoms. The molecular weight excluding hydrogens is 230 g/mol. The highest BCUT2D eigenvalue weighted by Crippen LogP contribution is 2.33. The fourth-order valence-electron chi connectivity index (χ4n) is 1.53. The molecule has 4 heteroatoms. The minimum absolute atomic E-state index is 0.561. The number of nitrogens with one attached hydrogen (secondary N) is 1. The molecule has 0 saturated heterocycles. The maximum Gasteiger partial charge on any atom is 0.211 e. The molecule has 0 fully saturated rings. The Hall–Kier alpha value is -2.49. The van der Waals surface area contributed by atoms with E-state index < -0.39 is 0 Å². The molecule has 0 aliphatic carbocycles. The first-order valence-electron chi connectivity index (χ1n) is 5.44. The summed E-state index contributed by atoms with van der Waals surface area (Å²) in [7, 11) is 1.55. The standard InChI is InChI=1S/C14H13NO3/c1-17-14-9-11(15-10-16)7-8-13(14)18-12-5-3-2-4-6-12/h2-10H,1H3,(H,15,16). The maximum atomic E-state index is 10.4. The summed E-state index contributed by atoms with van der Waals surface area (Å²) in [6.45, 7) is 0. The predicted molar refractivity (Wildman–Crippen MR) is 69.2 cm³/mol. The lowest BCUT2D eigenvalue weighted by Gasteiger charge is -2.11. The van der Waals surface area contributed by atoms with Gasteiger partial charge in [0.15, 0.2) is 11.5 Å². The highest BCUT2D eigenvalue weighted by molar-refractivity contribution is 5.72. The normalized spacial score (nSPS) is 9.61. The first kappa shape index (κ1) is 12.0. The van der Waals surface area contributed by atoms with Crippen LogP contribution in [0.3, 0.4) is 0 Å². The summed E-state index contributed by atoms with van der Waals surface area (Å²) < 4.78 is 10.9. The zero-order chi connectivity index (χ0) is 12.8. The average Bonchev–Trinajstić information content (AvgIpc) is 2.42. The van der Waals surface area contributed by atoms with E-state index in [0.717, 1.165) is 5.75 Å². The fourth-order valence-corrected chi connectivity index (χ4v) is 1.53. The van der Waals surface area contributed by atoms with Crippen LogP contribution in [-0.2, 0) is 4.79 Å². The van der Waals surface area contributed by atoms with E-state index in [1.807, 2.05) is 30.3 Å². The second-order valence-electron chi connectivity index (χ2n) is 3.54. The summed E-state index contributed by atoms with van der Waals surface area (Å²) in [5.41, 5.74) is 0.655. The average molecular weight is 243 g/mol. The lowest BCUT2D eigenvalue weighted by atomic mass is 10.2. The summed E-state index contributed by atoms with van der Waals surface area (Å²) in [5.74, 6) is 1.89. The summed E-state index contributed by atoms with van der Waals surface area (Å²) in [4.78, 5) is 10.4. The van der Waals surface area contributed by atoms with E-state index in [9.17, 15) is 4.79 Å². The number of ether oxygens (including phenoxy) is 2. The molecule has 1 amide bonds. The van der Waals surface area contributed by atoms with Crippen LogP contribution in [0.5, 0.6) is 17.2 Å². The number of rotatable bonds is 5. The van der Waals surface area contributed by atoms with Crippen LogP contribution in [0.2, 0.25) is 0 Å². The fraction of sp³-hybridized carbons (Fsp3) is 0.0714. The van der Waals surface area contributed by atoms with Crippen LogP contribution in [0.25, 0.3) is 0 Å². The smallest absolute Gasteiger partial charge is 0.211 e. The van der Waals surface area contributed by atoms with Crippen molar-refractivity contribution < 1.29 is 14.3 Å². The Morgan fingerprint density at radius 1 is 1.06 bits per heavy atom. The van der Waals surface area contributed by atoms with Gasteiger partial charge in [-0.2, -0.15) is 0 Å². The van der Waals surface area contributed by atoms with E-state index in [4.69, 9.17) is 9.47 Å². The summed E-state index contributed by atoms with van der Waals surface area (Å²) in [6, 6.07) is 14.6. The van der Waals surface area contributed by atoms with Gasteiger partial charge in [-0.1, -0.05) is 18.2 Å². The van der Waals surface area contributed by atoms with Crippen LogP contribution >= 0.6 is 0 Å². The van der Waals surface area contributed by atoms with Gasteiger partial charge in [-0.25, -0.2) is 0 Å². The molecule has 0 bridgehead atoms. The molecule has 0 saturated carbocycles. The highest BCUT2D eigenvalue weighted by atomic mass is 16.5. The third kappa shape index (κ3) is 2.79. The number of para-hydroxylation sites is 1. The SMILES string of the molecule is COc1cc(NC=O)ccc1Oc1ccccc1. The van der Waals surface area contributed by atoms with Gasteiger partial charge in [-0.3, -0.25) is 4.79 Å². The van der Waals surface area contributed by atoms with Crippen LogP contribution in [0.15, 0.2) is 48.5 Å². The molecule has 92 valence electrons. The predicted octanol–water partition coefficient (Wildman–Crippen LogP) is 3.06. The monoisotopic (exact) mass is 243 g/mol. The zero-order valence-electron chi connectivity index (χ0n) is 9.92. The number of carbonyl (C=O) groups excluding carboxylic acids is 1. The Bertz CT molecular complexity index is 526. The van der Waals surface area contributed by atoms with Gasteiger partial charge >= 0.3 is 0 Å². The van der Waals surface area contributed by atoms with Crippen molar-refractivity contribution in [1.29, 1.82) is 0 Å². The summed E-state index contributed by atoms with van der Waals surface area (Å²) >= 11 is 0. The van der Waals surface area contributed by atoms with Crippen molar-refractivity contribution in [2.45, 2.75) is 0 Å². The van der Waals surface area contributed by atoms with Crippen LogP contribution < -0.4 is 14.8 Å². The van der Waals surface area contributed by atoms with Crippen molar-refractivity contribution in [3.05, 3.63) is 48.5 Å². The van der Waals surface area contributed by atoms with Gasteiger partial charge in [0.1, 0.15) is 5.75 Å². The lowest BCUT2D eigenvalue weighted by molar-refractivity contribution is -0.105. The zero-order valence-corrected chi connectivity index (χ0v) is 9.92. The summed E-state index contributed by atoms with van der Waals surface area (Å²) in [5, 5.41) is 2.56. The van der Waals surface area contributed by atoms with Gasteiger partial charge < -0.3 is 14.8 Å².